The highest BCUT2D eigenvalue weighted by Gasteiger charge is 2.29. The lowest BCUT2D eigenvalue weighted by molar-refractivity contribution is 0.126. The van der Waals surface area contributed by atoms with Gasteiger partial charge in [0, 0.05) is 0 Å². The van der Waals surface area contributed by atoms with Gasteiger partial charge in [-0.3, -0.25) is 26.1 Å². The lowest BCUT2D eigenvalue weighted by Gasteiger charge is -2.18. The van der Waals surface area contributed by atoms with E-state index in [9.17, 15) is 29.8 Å². The Bertz CT molecular complexity index is 710. The maximum absolute atomic E-state index is 12.6. The molecule has 0 aliphatic heterocycles. The van der Waals surface area contributed by atoms with Crippen molar-refractivity contribution in [3.8, 4) is 0 Å². The van der Waals surface area contributed by atoms with E-state index < -0.39 is 75.3 Å². The minimum absolute atomic E-state index is 0.114. The van der Waals surface area contributed by atoms with Gasteiger partial charge in [0.05, 0.1) is 56.9 Å². The van der Waals surface area contributed by atoms with Gasteiger partial charge in [0.2, 0.25) is 0 Å². The zero-order chi connectivity index (χ0) is 22.6. The maximum atomic E-state index is 12.6. The molecule has 0 aliphatic carbocycles. The average Bonchev–Trinajstić information content (AvgIpc) is 2.53. The van der Waals surface area contributed by atoms with Crippen molar-refractivity contribution in [2.45, 2.75) is 20.8 Å². The second-order valence-electron chi connectivity index (χ2n) is 4.95. The van der Waals surface area contributed by atoms with Gasteiger partial charge in [0.1, 0.15) is 0 Å². The van der Waals surface area contributed by atoms with E-state index in [-0.39, 0.29) is 19.8 Å². The van der Waals surface area contributed by atoms with Crippen molar-refractivity contribution in [1.29, 1.82) is 0 Å². The molecule has 0 aliphatic rings. The third-order valence-corrected chi connectivity index (χ3v) is 7.92. The molecule has 0 radical (unpaired) electrons. The molecule has 176 valence electrons. The third kappa shape index (κ3) is 14.5. The van der Waals surface area contributed by atoms with E-state index >= 15 is 0 Å². The van der Waals surface area contributed by atoms with E-state index in [4.69, 9.17) is 13.6 Å². The summed E-state index contributed by atoms with van der Waals surface area (Å²) in [7, 11) is -16.3. The van der Waals surface area contributed by atoms with E-state index in [1.54, 1.807) is 0 Å². The van der Waals surface area contributed by atoms with Crippen LogP contribution in [0.5, 0.6) is 0 Å². The van der Waals surface area contributed by atoms with Gasteiger partial charge in [-0.25, -0.2) is 4.57 Å². The summed E-state index contributed by atoms with van der Waals surface area (Å²) in [4.78, 5) is 0. The predicted octanol–water partition coefficient (Wildman–Crippen LogP) is 0.243. The van der Waals surface area contributed by atoms with Crippen LogP contribution in [0.4, 0.5) is 0 Å². The Morgan fingerprint density at radius 1 is 0.552 bits per heavy atom. The fraction of sp³-hybridized carbons (Fsp3) is 1.00. The highest BCUT2D eigenvalue weighted by Crippen LogP contribution is 2.49. The average molecular weight is 507 g/mol. The van der Waals surface area contributed by atoms with Crippen LogP contribution in [-0.4, -0.2) is 82.2 Å². The first-order valence-electron chi connectivity index (χ1n) is 8.45. The highest BCUT2D eigenvalue weighted by molar-refractivity contribution is 7.87. The molecule has 0 heterocycles. The van der Waals surface area contributed by atoms with Gasteiger partial charge in [-0.15, -0.1) is 0 Å². The Balaban J connectivity index is 4.94. The molecule has 13 nitrogen and oxygen atoms in total. The quantitative estimate of drug-likeness (QED) is 0.183. The Morgan fingerprint density at radius 3 is 1.00 bits per heavy atom. The standard InChI is InChI=1S/C12H27O13PS3/c1-4-23-27(14,15)10-7-20-26(13,21-8-11-28(16,17)24-5-2)22-9-12-29(18,19)25-6-3/h4-12H2,1-3H3. The second-order valence-corrected chi connectivity index (χ2v) is 11.9. The van der Waals surface area contributed by atoms with E-state index in [1.165, 1.54) is 20.8 Å². The number of phosphoric acid groups is 1. The van der Waals surface area contributed by atoms with Crippen molar-refractivity contribution in [3.63, 3.8) is 0 Å². The number of phosphoric ester groups is 1. The smallest absolute Gasteiger partial charge is 0.286 e. The van der Waals surface area contributed by atoms with E-state index in [0.717, 1.165) is 0 Å². The second kappa shape index (κ2) is 13.3. The van der Waals surface area contributed by atoms with Crippen molar-refractivity contribution in [2.75, 3.05) is 56.9 Å². The Kier molecular flexibility index (Phi) is 13.2. The van der Waals surface area contributed by atoms with Crippen molar-refractivity contribution in [3.05, 3.63) is 0 Å². The molecular weight excluding hydrogens is 479 g/mol. The molecule has 0 atom stereocenters. The molecule has 0 saturated heterocycles. The van der Waals surface area contributed by atoms with E-state index in [0.29, 0.717) is 0 Å². The number of hydrogen-bond acceptors (Lipinski definition) is 13. The first-order chi connectivity index (χ1) is 13.3. The maximum Gasteiger partial charge on any atom is 0.474 e. The Morgan fingerprint density at radius 2 is 0.793 bits per heavy atom. The molecule has 0 aromatic rings. The van der Waals surface area contributed by atoms with Crippen LogP contribution < -0.4 is 0 Å². The van der Waals surface area contributed by atoms with Gasteiger partial charge in [-0.1, -0.05) is 0 Å². The van der Waals surface area contributed by atoms with Gasteiger partial charge < -0.3 is 0 Å². The predicted molar refractivity (Wildman–Crippen MR) is 102 cm³/mol. The van der Waals surface area contributed by atoms with Crippen LogP contribution in [0.2, 0.25) is 0 Å². The summed E-state index contributed by atoms with van der Waals surface area (Å²) < 4.78 is 109. The van der Waals surface area contributed by atoms with Crippen LogP contribution in [-0.2, 0) is 61.0 Å². The van der Waals surface area contributed by atoms with Crippen LogP contribution in [0.1, 0.15) is 20.8 Å². The summed E-state index contributed by atoms with van der Waals surface area (Å²) in [6.45, 7) is 2.00. The number of hydrogen-bond donors (Lipinski definition) is 0. The molecule has 0 aromatic heterocycles. The van der Waals surface area contributed by atoms with Crippen LogP contribution in [0.15, 0.2) is 0 Å². The lowest BCUT2D eigenvalue weighted by Crippen LogP contribution is -2.19. The van der Waals surface area contributed by atoms with Crippen LogP contribution in [0, 0.1) is 0 Å². The largest absolute Gasteiger partial charge is 0.474 e. The molecule has 29 heavy (non-hydrogen) atoms. The van der Waals surface area contributed by atoms with Gasteiger partial charge in [0.15, 0.2) is 0 Å². The molecule has 0 spiro atoms. The van der Waals surface area contributed by atoms with Crippen molar-refractivity contribution < 1.29 is 55.9 Å². The summed E-state index contributed by atoms with van der Waals surface area (Å²) in [5.41, 5.74) is 0. The zero-order valence-corrected chi connectivity index (χ0v) is 19.7. The molecule has 0 bridgehead atoms. The molecule has 0 saturated carbocycles. The molecule has 0 fully saturated rings. The fourth-order valence-corrected chi connectivity index (χ4v) is 5.41. The monoisotopic (exact) mass is 506 g/mol. The van der Waals surface area contributed by atoms with Gasteiger partial charge in [-0.2, -0.15) is 25.3 Å². The van der Waals surface area contributed by atoms with Gasteiger partial charge in [-0.05, 0) is 20.8 Å². The van der Waals surface area contributed by atoms with Crippen LogP contribution in [0.25, 0.3) is 0 Å². The third-order valence-electron chi connectivity index (χ3n) is 2.64. The van der Waals surface area contributed by atoms with E-state index in [2.05, 4.69) is 12.5 Å². The SMILES string of the molecule is CCOS(=O)(=O)CCOP(=O)(OCCS(=O)(=O)OCC)OCCS(=O)(=O)OCC. The molecule has 0 rings (SSSR count). The summed E-state index contributed by atoms with van der Waals surface area (Å²) >= 11 is 0. The van der Waals surface area contributed by atoms with Crippen molar-refractivity contribution >= 4 is 38.2 Å². The van der Waals surface area contributed by atoms with Crippen LogP contribution >= 0.6 is 7.82 Å². The Hall–Kier alpha value is -0.160. The van der Waals surface area contributed by atoms with Crippen molar-refractivity contribution in [2.24, 2.45) is 0 Å². The minimum atomic E-state index is -4.49. The molecule has 0 N–H and O–H groups in total. The van der Waals surface area contributed by atoms with E-state index in [1.807, 2.05) is 0 Å². The summed E-state index contributed by atoms with van der Waals surface area (Å²) in [6.07, 6.45) is 0. The summed E-state index contributed by atoms with van der Waals surface area (Å²) in [5, 5.41) is 0. The Labute approximate surface area is 171 Å². The first-order valence-corrected chi connectivity index (χ1v) is 14.6. The molecule has 0 unspecified atom stereocenters. The normalized spacial score (nSPS) is 13.6. The number of rotatable bonds is 18. The van der Waals surface area contributed by atoms with Gasteiger partial charge in [0.25, 0.3) is 30.4 Å². The fourth-order valence-electron chi connectivity index (χ4n) is 1.58. The molecular formula is C12H27O13PS3. The topological polar surface area (TPSA) is 175 Å². The lowest BCUT2D eigenvalue weighted by atomic mass is 10.9. The summed E-state index contributed by atoms with van der Waals surface area (Å²) in [6, 6.07) is 0. The van der Waals surface area contributed by atoms with Gasteiger partial charge >= 0.3 is 7.82 Å². The minimum Gasteiger partial charge on any atom is -0.286 e. The molecule has 0 aromatic carbocycles. The zero-order valence-electron chi connectivity index (χ0n) is 16.3. The van der Waals surface area contributed by atoms with Crippen LogP contribution in [0.3, 0.4) is 0 Å². The molecule has 17 heteroatoms. The first kappa shape index (κ1) is 28.8. The highest BCUT2D eigenvalue weighted by atomic mass is 32.2. The van der Waals surface area contributed by atoms with Crippen molar-refractivity contribution in [1.82, 2.24) is 0 Å². The summed E-state index contributed by atoms with van der Waals surface area (Å²) in [5.74, 6) is -2.07. The molecule has 0 amide bonds.